The number of benzene rings is 1. The number of piperazine rings is 1. The zero-order valence-corrected chi connectivity index (χ0v) is 17.9. The number of amides is 2. The van der Waals surface area contributed by atoms with Crippen molar-refractivity contribution in [3.8, 4) is 5.75 Å². The molecular formula is C22H33N3O5. The second kappa shape index (κ2) is 10.7. The molecule has 3 atom stereocenters. The largest absolute Gasteiger partial charge is 0.497 e. The summed E-state index contributed by atoms with van der Waals surface area (Å²) in [7, 11) is 1.61. The monoisotopic (exact) mass is 419 g/mol. The van der Waals surface area contributed by atoms with Crippen LogP contribution in [0.1, 0.15) is 31.7 Å². The number of rotatable bonds is 7. The van der Waals surface area contributed by atoms with Gasteiger partial charge < -0.3 is 24.8 Å². The van der Waals surface area contributed by atoms with E-state index in [9.17, 15) is 14.7 Å². The van der Waals surface area contributed by atoms with Gasteiger partial charge in [-0.2, -0.15) is 0 Å². The number of ether oxygens (including phenoxy) is 2. The molecule has 3 rings (SSSR count). The minimum Gasteiger partial charge on any atom is -0.497 e. The summed E-state index contributed by atoms with van der Waals surface area (Å²) < 4.78 is 11.1. The highest BCUT2D eigenvalue weighted by atomic mass is 16.5. The van der Waals surface area contributed by atoms with Crippen LogP contribution in [0, 0.1) is 0 Å². The third kappa shape index (κ3) is 6.17. The summed E-state index contributed by atoms with van der Waals surface area (Å²) in [5, 5.41) is 13.1. The molecule has 8 nitrogen and oxygen atoms in total. The molecule has 0 aromatic heterocycles. The molecule has 0 radical (unpaired) electrons. The van der Waals surface area contributed by atoms with Crippen LogP contribution in [-0.2, 0) is 20.9 Å². The summed E-state index contributed by atoms with van der Waals surface area (Å²) in [5.41, 5.74) is 0.954. The lowest BCUT2D eigenvalue weighted by Crippen LogP contribution is -2.50. The molecule has 1 aromatic rings. The lowest BCUT2D eigenvalue weighted by molar-refractivity contribution is -0.158. The number of hydrogen-bond donors (Lipinski definition) is 2. The normalized spacial score (nSPS) is 25.0. The van der Waals surface area contributed by atoms with Gasteiger partial charge in [-0.25, -0.2) is 0 Å². The van der Waals surface area contributed by atoms with Crippen LogP contribution in [0.25, 0.3) is 0 Å². The average Bonchev–Trinajstić information content (AvgIpc) is 2.77. The van der Waals surface area contributed by atoms with Crippen LogP contribution in [0.15, 0.2) is 24.3 Å². The smallest absolute Gasteiger partial charge is 0.252 e. The maximum Gasteiger partial charge on any atom is 0.252 e. The van der Waals surface area contributed by atoms with E-state index in [1.807, 2.05) is 29.2 Å². The first-order valence-corrected chi connectivity index (χ1v) is 10.7. The van der Waals surface area contributed by atoms with Crippen LogP contribution < -0.4 is 10.1 Å². The second-order valence-corrected chi connectivity index (χ2v) is 8.03. The molecule has 0 bridgehead atoms. The van der Waals surface area contributed by atoms with Gasteiger partial charge in [-0.15, -0.1) is 0 Å². The topological polar surface area (TPSA) is 91.3 Å². The van der Waals surface area contributed by atoms with E-state index in [1.165, 1.54) is 0 Å². The third-order valence-corrected chi connectivity index (χ3v) is 5.94. The zero-order chi connectivity index (χ0) is 21.5. The fourth-order valence-electron chi connectivity index (χ4n) is 3.97. The first kappa shape index (κ1) is 22.5. The van der Waals surface area contributed by atoms with E-state index >= 15 is 0 Å². The molecule has 3 unspecified atom stereocenters. The Bertz CT molecular complexity index is 703. The molecule has 0 aliphatic carbocycles. The maximum absolute atomic E-state index is 12.6. The molecule has 2 saturated heterocycles. The van der Waals surface area contributed by atoms with Gasteiger partial charge in [0.1, 0.15) is 5.75 Å². The van der Waals surface area contributed by atoms with Gasteiger partial charge in [0.15, 0.2) is 6.10 Å². The Morgan fingerprint density at radius 3 is 2.50 bits per heavy atom. The molecule has 2 N–H and O–H groups in total. The molecule has 0 spiro atoms. The number of hydrogen-bond acceptors (Lipinski definition) is 6. The van der Waals surface area contributed by atoms with E-state index in [0.717, 1.165) is 56.9 Å². The van der Waals surface area contributed by atoms with Crippen molar-refractivity contribution >= 4 is 11.8 Å². The average molecular weight is 420 g/mol. The highest BCUT2D eigenvalue weighted by molar-refractivity contribution is 5.81. The molecule has 8 heteroatoms. The molecule has 2 fully saturated rings. The van der Waals surface area contributed by atoms with Crippen LogP contribution in [0.5, 0.6) is 5.75 Å². The molecule has 1 aromatic carbocycles. The van der Waals surface area contributed by atoms with Gasteiger partial charge in [-0.3, -0.25) is 14.5 Å². The van der Waals surface area contributed by atoms with Crippen molar-refractivity contribution in [1.29, 1.82) is 0 Å². The number of nitrogens with one attached hydrogen (secondary N) is 1. The Morgan fingerprint density at radius 2 is 1.87 bits per heavy atom. The Morgan fingerprint density at radius 1 is 1.17 bits per heavy atom. The van der Waals surface area contributed by atoms with E-state index in [2.05, 4.69) is 10.2 Å². The van der Waals surface area contributed by atoms with Crippen molar-refractivity contribution in [2.24, 2.45) is 0 Å². The SMILES string of the molecule is COc1ccc(CNC(=O)C2OC(CCN3CCN(C(C)=O)CC3)CCC2O)cc1. The number of aliphatic hydroxyl groups excluding tert-OH is 1. The van der Waals surface area contributed by atoms with Gasteiger partial charge in [0.2, 0.25) is 5.91 Å². The van der Waals surface area contributed by atoms with Gasteiger partial charge in [0.05, 0.1) is 19.3 Å². The van der Waals surface area contributed by atoms with Gasteiger partial charge in [0, 0.05) is 46.2 Å². The molecule has 166 valence electrons. The lowest BCUT2D eigenvalue weighted by Gasteiger charge is -2.37. The highest BCUT2D eigenvalue weighted by Crippen LogP contribution is 2.23. The van der Waals surface area contributed by atoms with Crippen LogP contribution in [0.4, 0.5) is 0 Å². The molecule has 2 aliphatic heterocycles. The fourth-order valence-corrected chi connectivity index (χ4v) is 3.97. The highest BCUT2D eigenvalue weighted by Gasteiger charge is 2.35. The van der Waals surface area contributed by atoms with Crippen molar-refractivity contribution < 1.29 is 24.2 Å². The number of methoxy groups -OCH3 is 1. The predicted molar refractivity (Wildman–Crippen MR) is 112 cm³/mol. The second-order valence-electron chi connectivity index (χ2n) is 8.03. The van der Waals surface area contributed by atoms with Gasteiger partial charge in [0.25, 0.3) is 5.91 Å². The predicted octanol–water partition coefficient (Wildman–Crippen LogP) is 0.774. The number of carbonyl (C=O) groups excluding carboxylic acids is 2. The van der Waals surface area contributed by atoms with Crippen molar-refractivity contribution in [3.05, 3.63) is 29.8 Å². The lowest BCUT2D eigenvalue weighted by atomic mass is 9.98. The van der Waals surface area contributed by atoms with Crippen LogP contribution in [0.3, 0.4) is 0 Å². The molecule has 30 heavy (non-hydrogen) atoms. The van der Waals surface area contributed by atoms with Crippen LogP contribution in [0.2, 0.25) is 0 Å². The van der Waals surface area contributed by atoms with Crippen LogP contribution >= 0.6 is 0 Å². The number of carbonyl (C=O) groups is 2. The molecule has 2 aliphatic rings. The number of nitrogens with zero attached hydrogens (tertiary/aromatic N) is 2. The molecular weight excluding hydrogens is 386 g/mol. The van der Waals surface area contributed by atoms with E-state index in [-0.39, 0.29) is 17.9 Å². The summed E-state index contributed by atoms with van der Waals surface area (Å²) >= 11 is 0. The fraction of sp³-hybridized carbons (Fsp3) is 0.636. The first-order chi connectivity index (χ1) is 14.5. The van der Waals surface area contributed by atoms with Gasteiger partial charge >= 0.3 is 0 Å². The first-order valence-electron chi connectivity index (χ1n) is 10.7. The summed E-state index contributed by atoms with van der Waals surface area (Å²) in [6.45, 7) is 6.09. The Hall–Kier alpha value is -2.16. The van der Waals surface area contributed by atoms with Gasteiger partial charge in [-0.1, -0.05) is 12.1 Å². The summed E-state index contributed by atoms with van der Waals surface area (Å²) in [6.07, 6.45) is 0.457. The number of aliphatic hydroxyl groups is 1. The zero-order valence-electron chi connectivity index (χ0n) is 17.9. The maximum atomic E-state index is 12.6. The van der Waals surface area contributed by atoms with E-state index in [4.69, 9.17) is 9.47 Å². The minimum absolute atomic E-state index is 0.0454. The standard InChI is InChI=1S/C22H33N3O5/c1-16(26)25-13-11-24(12-14-25)10-9-19-7-8-20(27)21(30-19)22(28)23-15-17-3-5-18(29-2)6-4-17/h3-6,19-21,27H,7-15H2,1-2H3,(H,23,28). The van der Waals surface area contributed by atoms with Crippen molar-refractivity contribution in [3.63, 3.8) is 0 Å². The van der Waals surface area contributed by atoms with E-state index < -0.39 is 12.2 Å². The molecule has 2 amide bonds. The quantitative estimate of drug-likeness (QED) is 0.679. The van der Waals surface area contributed by atoms with E-state index in [0.29, 0.717) is 13.0 Å². The Balaban J connectivity index is 1.42. The van der Waals surface area contributed by atoms with Crippen molar-refractivity contribution in [1.82, 2.24) is 15.1 Å². The third-order valence-electron chi connectivity index (χ3n) is 5.94. The Labute approximate surface area is 178 Å². The molecule has 2 heterocycles. The summed E-state index contributed by atoms with van der Waals surface area (Å²) in [5.74, 6) is 0.613. The Kier molecular flexibility index (Phi) is 8.07. The van der Waals surface area contributed by atoms with E-state index in [1.54, 1.807) is 14.0 Å². The van der Waals surface area contributed by atoms with Crippen molar-refractivity contribution in [2.45, 2.75) is 51.0 Å². The van der Waals surface area contributed by atoms with Crippen LogP contribution in [-0.4, -0.2) is 84.9 Å². The molecule has 0 saturated carbocycles. The summed E-state index contributed by atoms with van der Waals surface area (Å²) in [6, 6.07) is 7.48. The summed E-state index contributed by atoms with van der Waals surface area (Å²) in [4.78, 5) is 28.2. The van der Waals surface area contributed by atoms with Gasteiger partial charge in [-0.05, 0) is 37.0 Å². The minimum atomic E-state index is -0.837. The van der Waals surface area contributed by atoms with Crippen molar-refractivity contribution in [2.75, 3.05) is 39.8 Å².